The topological polar surface area (TPSA) is 18.5 Å². The van der Waals surface area contributed by atoms with E-state index >= 15 is 0 Å². The van der Waals surface area contributed by atoms with Gasteiger partial charge in [-0.15, -0.1) is 0 Å². The van der Waals surface area contributed by atoms with Crippen LogP contribution in [-0.2, 0) is 0 Å². The summed E-state index contributed by atoms with van der Waals surface area (Å²) in [5.74, 6) is 2.23. The maximum absolute atomic E-state index is 5.90. The molecule has 3 heteroatoms. The van der Waals surface area contributed by atoms with Crippen molar-refractivity contribution in [1.29, 1.82) is 0 Å². The fourth-order valence-corrected chi connectivity index (χ4v) is 4.01. The van der Waals surface area contributed by atoms with Gasteiger partial charge >= 0.3 is 0 Å². The molecule has 0 saturated heterocycles. The summed E-state index contributed by atoms with van der Waals surface area (Å²) in [5.41, 5.74) is 1.68. The van der Waals surface area contributed by atoms with Crippen LogP contribution in [0.25, 0.3) is 0 Å². The lowest BCUT2D eigenvalue weighted by molar-refractivity contribution is 0.228. The van der Waals surface area contributed by atoms with Crippen LogP contribution in [-0.4, -0.2) is 13.2 Å². The number of rotatable bonds is 2. The summed E-state index contributed by atoms with van der Waals surface area (Å²) in [7, 11) is 0. The molecule has 1 heterocycles. The van der Waals surface area contributed by atoms with Crippen molar-refractivity contribution >= 4 is 15.9 Å². The fourth-order valence-electron chi connectivity index (χ4n) is 3.27. The predicted molar refractivity (Wildman–Crippen MR) is 84.8 cm³/mol. The van der Waals surface area contributed by atoms with Gasteiger partial charge in [0.2, 0.25) is 0 Å². The number of alkyl halides is 1. The monoisotopic (exact) mass is 338 g/mol. The lowest BCUT2D eigenvalue weighted by atomic mass is 9.82. The lowest BCUT2D eigenvalue weighted by Gasteiger charge is -2.30. The quantitative estimate of drug-likeness (QED) is 0.697. The average molecular weight is 339 g/mol. The Morgan fingerprint density at radius 1 is 1.15 bits per heavy atom. The normalized spacial score (nSPS) is 26.1. The van der Waals surface area contributed by atoms with E-state index in [0.717, 1.165) is 24.7 Å². The average Bonchev–Trinajstić information content (AvgIpc) is 2.81. The molecule has 0 spiro atoms. The lowest BCUT2D eigenvalue weighted by Crippen LogP contribution is -2.17. The smallest absolute Gasteiger partial charge is 0.161 e. The van der Waals surface area contributed by atoms with Crippen molar-refractivity contribution in [3.8, 4) is 11.5 Å². The SMILES string of the molecule is CC1COc2ccc(C(Br)C3(C)CCCC3)cc2OC1. The van der Waals surface area contributed by atoms with Crippen LogP contribution in [0.5, 0.6) is 11.5 Å². The van der Waals surface area contributed by atoms with E-state index in [1.807, 2.05) is 0 Å². The van der Waals surface area contributed by atoms with Crippen LogP contribution in [0.3, 0.4) is 0 Å². The van der Waals surface area contributed by atoms with Crippen LogP contribution in [0, 0.1) is 11.3 Å². The molecule has 1 aliphatic carbocycles. The molecular weight excluding hydrogens is 316 g/mol. The number of benzene rings is 1. The third-order valence-electron chi connectivity index (χ3n) is 4.66. The van der Waals surface area contributed by atoms with Gasteiger partial charge in [-0.05, 0) is 36.0 Å². The van der Waals surface area contributed by atoms with E-state index in [1.165, 1.54) is 31.2 Å². The molecule has 0 aromatic heterocycles. The van der Waals surface area contributed by atoms with Gasteiger partial charge in [0.1, 0.15) is 0 Å². The van der Waals surface area contributed by atoms with E-state index in [9.17, 15) is 0 Å². The van der Waals surface area contributed by atoms with Crippen molar-refractivity contribution in [2.45, 2.75) is 44.4 Å². The Morgan fingerprint density at radius 3 is 2.50 bits per heavy atom. The number of hydrogen-bond donors (Lipinski definition) is 0. The second-order valence-corrected chi connectivity index (χ2v) is 7.57. The highest BCUT2D eigenvalue weighted by Gasteiger charge is 2.36. The second-order valence-electron chi connectivity index (χ2n) is 6.66. The van der Waals surface area contributed by atoms with Crippen LogP contribution in [0.15, 0.2) is 18.2 Å². The largest absolute Gasteiger partial charge is 0.489 e. The molecule has 1 aromatic carbocycles. The Morgan fingerprint density at radius 2 is 1.80 bits per heavy atom. The molecule has 2 nitrogen and oxygen atoms in total. The number of fused-ring (bicyclic) bond motifs is 1. The summed E-state index contributed by atoms with van der Waals surface area (Å²) >= 11 is 3.93. The summed E-state index contributed by atoms with van der Waals surface area (Å²) < 4.78 is 11.7. The zero-order valence-electron chi connectivity index (χ0n) is 12.3. The molecule has 110 valence electrons. The summed E-state index contributed by atoms with van der Waals surface area (Å²) in [6.07, 6.45) is 5.30. The second kappa shape index (κ2) is 5.59. The molecule has 0 radical (unpaired) electrons. The molecule has 3 rings (SSSR count). The highest BCUT2D eigenvalue weighted by Crippen LogP contribution is 2.52. The molecule has 1 aromatic rings. The third kappa shape index (κ3) is 2.69. The van der Waals surface area contributed by atoms with E-state index in [-0.39, 0.29) is 0 Å². The van der Waals surface area contributed by atoms with Crippen molar-refractivity contribution < 1.29 is 9.47 Å². The van der Waals surface area contributed by atoms with Gasteiger partial charge in [0, 0.05) is 10.7 Å². The first-order valence-electron chi connectivity index (χ1n) is 7.62. The van der Waals surface area contributed by atoms with Crippen LogP contribution in [0.1, 0.15) is 49.9 Å². The Labute approximate surface area is 130 Å². The third-order valence-corrected chi connectivity index (χ3v) is 6.30. The van der Waals surface area contributed by atoms with E-state index in [1.54, 1.807) is 0 Å². The number of halogens is 1. The molecule has 2 atom stereocenters. The van der Waals surface area contributed by atoms with Gasteiger partial charge in [-0.1, -0.05) is 48.7 Å². The van der Waals surface area contributed by atoms with Crippen molar-refractivity contribution in [1.82, 2.24) is 0 Å². The van der Waals surface area contributed by atoms with E-state index in [4.69, 9.17) is 9.47 Å². The molecule has 1 fully saturated rings. The van der Waals surface area contributed by atoms with Gasteiger partial charge in [-0.25, -0.2) is 0 Å². The van der Waals surface area contributed by atoms with Gasteiger partial charge in [-0.3, -0.25) is 0 Å². The van der Waals surface area contributed by atoms with Gasteiger partial charge < -0.3 is 9.47 Å². The Balaban J connectivity index is 1.85. The molecule has 1 aliphatic heterocycles. The minimum atomic E-state index is 0.368. The molecular formula is C17H23BrO2. The molecule has 0 N–H and O–H groups in total. The summed E-state index contributed by atoms with van der Waals surface area (Å²) in [4.78, 5) is 0.395. The molecule has 2 aliphatic rings. The predicted octanol–water partition coefficient (Wildman–Crippen LogP) is 5.11. The molecule has 0 amide bonds. The highest BCUT2D eigenvalue weighted by atomic mass is 79.9. The summed E-state index contributed by atoms with van der Waals surface area (Å²) in [6, 6.07) is 6.41. The van der Waals surface area contributed by atoms with Crippen molar-refractivity contribution in [3.63, 3.8) is 0 Å². The van der Waals surface area contributed by atoms with Crippen LogP contribution >= 0.6 is 15.9 Å². The number of ether oxygens (including phenoxy) is 2. The van der Waals surface area contributed by atoms with Gasteiger partial charge in [-0.2, -0.15) is 0 Å². The first-order valence-corrected chi connectivity index (χ1v) is 8.54. The minimum absolute atomic E-state index is 0.368. The van der Waals surface area contributed by atoms with E-state index in [0.29, 0.717) is 16.2 Å². The highest BCUT2D eigenvalue weighted by molar-refractivity contribution is 9.09. The standard InChI is InChI=1S/C17H23BrO2/c1-12-10-19-14-6-5-13(9-15(14)20-11-12)16(18)17(2)7-3-4-8-17/h5-6,9,12,16H,3-4,7-8,10-11H2,1-2H3. The molecule has 2 unspecified atom stereocenters. The summed E-state index contributed by atoms with van der Waals surface area (Å²) in [6.45, 7) is 6.02. The number of hydrogen-bond acceptors (Lipinski definition) is 2. The van der Waals surface area contributed by atoms with Crippen LogP contribution < -0.4 is 9.47 Å². The first-order chi connectivity index (χ1) is 9.58. The minimum Gasteiger partial charge on any atom is -0.489 e. The Kier molecular flexibility index (Phi) is 3.98. The van der Waals surface area contributed by atoms with Crippen molar-refractivity contribution in [3.05, 3.63) is 23.8 Å². The molecule has 20 heavy (non-hydrogen) atoms. The Hall–Kier alpha value is -0.700. The van der Waals surface area contributed by atoms with Gasteiger partial charge in [0.15, 0.2) is 11.5 Å². The maximum Gasteiger partial charge on any atom is 0.161 e. The van der Waals surface area contributed by atoms with Gasteiger partial charge in [0.25, 0.3) is 0 Å². The zero-order chi connectivity index (χ0) is 14.2. The molecule has 0 bridgehead atoms. The van der Waals surface area contributed by atoms with Crippen molar-refractivity contribution in [2.75, 3.05) is 13.2 Å². The van der Waals surface area contributed by atoms with Crippen LogP contribution in [0.4, 0.5) is 0 Å². The molecule has 1 saturated carbocycles. The van der Waals surface area contributed by atoms with Crippen LogP contribution in [0.2, 0.25) is 0 Å². The Bertz CT molecular complexity index is 480. The van der Waals surface area contributed by atoms with E-state index in [2.05, 4.69) is 48.0 Å². The van der Waals surface area contributed by atoms with Gasteiger partial charge in [0.05, 0.1) is 13.2 Å². The zero-order valence-corrected chi connectivity index (χ0v) is 13.9. The van der Waals surface area contributed by atoms with Crippen molar-refractivity contribution in [2.24, 2.45) is 11.3 Å². The summed E-state index contributed by atoms with van der Waals surface area (Å²) in [5, 5.41) is 0. The first kappa shape index (κ1) is 14.2. The van der Waals surface area contributed by atoms with E-state index < -0.39 is 0 Å². The maximum atomic E-state index is 5.90. The fraction of sp³-hybridized carbons (Fsp3) is 0.647.